The van der Waals surface area contributed by atoms with Crippen LogP contribution in [0.3, 0.4) is 0 Å². The summed E-state index contributed by atoms with van der Waals surface area (Å²) >= 11 is 0. The Labute approximate surface area is 112 Å². The highest BCUT2D eigenvalue weighted by Gasteiger charge is 2.53. The van der Waals surface area contributed by atoms with Gasteiger partial charge in [0.05, 0.1) is 13.9 Å². The van der Waals surface area contributed by atoms with E-state index in [4.69, 9.17) is 23.3 Å². The van der Waals surface area contributed by atoms with Crippen LogP contribution in [0.2, 0.25) is 0 Å². The molecule has 0 N–H and O–H groups in total. The molecule has 1 aliphatic carbocycles. The van der Waals surface area contributed by atoms with Crippen molar-refractivity contribution in [2.75, 3.05) is 0 Å². The second-order valence-electron chi connectivity index (χ2n) is 5.26. The van der Waals surface area contributed by atoms with Gasteiger partial charge < -0.3 is 13.7 Å². The lowest BCUT2D eigenvalue weighted by Crippen LogP contribution is -2.41. The van der Waals surface area contributed by atoms with Crippen LogP contribution in [0.4, 0.5) is 0 Å². The van der Waals surface area contributed by atoms with Crippen molar-refractivity contribution < 1.29 is 23.3 Å². The quantitative estimate of drug-likeness (QED) is 0.745. The van der Waals surface area contributed by atoms with Gasteiger partial charge in [0.25, 0.3) is 0 Å². The monoisotopic (exact) mass is 241 g/mol. The highest BCUT2D eigenvalue weighted by Crippen LogP contribution is 2.41. The van der Waals surface area contributed by atoms with Crippen LogP contribution >= 0.6 is 0 Å². The third kappa shape index (κ3) is 1.83. The molecule has 4 heteroatoms. The SMILES string of the molecule is [2H]c1c(B2OC(C)(C)C(C)(C)O2)oc(C2([2H])C([2H])([2H])C2([2H])[2H])c1[2H]. The summed E-state index contributed by atoms with van der Waals surface area (Å²) in [6.07, 6.45) is -5.01. The van der Waals surface area contributed by atoms with Crippen molar-refractivity contribution in [3.05, 3.63) is 17.8 Å². The summed E-state index contributed by atoms with van der Waals surface area (Å²) in [5.41, 5.74) is -1.53. The second-order valence-corrected chi connectivity index (χ2v) is 5.26. The van der Waals surface area contributed by atoms with Crippen LogP contribution in [0.15, 0.2) is 16.5 Å². The van der Waals surface area contributed by atoms with Crippen LogP contribution in [0, 0.1) is 0 Å². The van der Waals surface area contributed by atoms with Crippen LogP contribution in [0.25, 0.3) is 0 Å². The van der Waals surface area contributed by atoms with Gasteiger partial charge in [0, 0.05) is 12.7 Å². The Balaban J connectivity index is 2.04. The van der Waals surface area contributed by atoms with Crippen molar-refractivity contribution in [1.82, 2.24) is 0 Å². The average molecular weight is 241 g/mol. The van der Waals surface area contributed by atoms with Gasteiger partial charge in [0.2, 0.25) is 0 Å². The molecular weight excluding hydrogens is 215 g/mol. The molecule has 3 rings (SSSR count). The predicted octanol–water partition coefficient (Wildman–Crippen LogP) is 2.46. The van der Waals surface area contributed by atoms with Crippen molar-refractivity contribution >= 4 is 12.8 Å². The lowest BCUT2D eigenvalue weighted by atomic mass is 9.86. The topological polar surface area (TPSA) is 31.6 Å². The highest BCUT2D eigenvalue weighted by atomic mass is 16.7. The molecule has 1 aromatic heterocycles. The first-order chi connectivity index (χ1) is 10.6. The zero-order valence-corrected chi connectivity index (χ0v) is 10.3. The minimum absolute atomic E-state index is 0.140. The lowest BCUT2D eigenvalue weighted by molar-refractivity contribution is 0.00578. The number of hydrogen-bond acceptors (Lipinski definition) is 3. The lowest BCUT2D eigenvalue weighted by Gasteiger charge is -2.32. The fourth-order valence-corrected chi connectivity index (χ4v) is 1.59. The Bertz CT molecular complexity index is 683. The molecule has 0 aromatic carbocycles. The van der Waals surface area contributed by atoms with Crippen molar-refractivity contribution in [3.8, 4) is 0 Å². The Hall–Kier alpha value is -0.735. The van der Waals surface area contributed by atoms with Crippen molar-refractivity contribution in [2.24, 2.45) is 0 Å². The number of rotatable bonds is 2. The molecule has 1 saturated heterocycles. The van der Waals surface area contributed by atoms with Gasteiger partial charge in [0.15, 0.2) is 0 Å². The van der Waals surface area contributed by atoms with Crippen LogP contribution < -0.4 is 5.66 Å². The maximum Gasteiger partial charge on any atom is 0.532 e. The summed E-state index contributed by atoms with van der Waals surface area (Å²) < 4.78 is 71.9. The molecule has 2 aliphatic rings. The van der Waals surface area contributed by atoms with Gasteiger partial charge in [0.1, 0.15) is 11.4 Å². The zero-order chi connectivity index (χ0) is 18.5. The van der Waals surface area contributed by atoms with Crippen molar-refractivity contribution in [2.45, 2.75) is 57.5 Å². The molecule has 3 nitrogen and oxygen atoms in total. The van der Waals surface area contributed by atoms with Crippen molar-refractivity contribution in [3.63, 3.8) is 0 Å². The molecular formula is C13H19BO3. The van der Waals surface area contributed by atoms with Gasteiger partial charge in [-0.05, 0) is 52.5 Å². The zero-order valence-electron chi connectivity index (χ0n) is 17.3. The first-order valence-electron chi connectivity index (χ1n) is 9.08. The molecule has 0 spiro atoms. The molecule has 0 unspecified atom stereocenters. The smallest absolute Gasteiger partial charge is 0.469 e. The van der Waals surface area contributed by atoms with E-state index < -0.39 is 48.8 Å². The van der Waals surface area contributed by atoms with Crippen LogP contribution in [-0.2, 0) is 9.31 Å². The fourth-order valence-electron chi connectivity index (χ4n) is 1.59. The molecule has 92 valence electrons. The van der Waals surface area contributed by atoms with E-state index in [-0.39, 0.29) is 11.7 Å². The highest BCUT2D eigenvalue weighted by molar-refractivity contribution is 6.60. The number of furan rings is 1. The van der Waals surface area contributed by atoms with Gasteiger partial charge in [-0.1, -0.05) is 0 Å². The minimum Gasteiger partial charge on any atom is -0.469 e. The van der Waals surface area contributed by atoms with E-state index in [1.165, 1.54) is 0 Å². The largest absolute Gasteiger partial charge is 0.532 e. The van der Waals surface area contributed by atoms with Gasteiger partial charge in [-0.15, -0.1) is 0 Å². The average Bonchev–Trinajstić information content (AvgIpc) is 2.70. The third-order valence-electron chi connectivity index (χ3n) is 3.46. The van der Waals surface area contributed by atoms with E-state index in [1.54, 1.807) is 0 Å². The van der Waals surface area contributed by atoms with Crippen molar-refractivity contribution in [1.29, 1.82) is 0 Å². The molecule has 1 saturated carbocycles. The Kier molecular flexibility index (Phi) is 1.18. The summed E-state index contributed by atoms with van der Waals surface area (Å²) in [6, 6.07) is -0.895. The van der Waals surface area contributed by atoms with Crippen LogP contribution in [0.5, 0.6) is 0 Å². The maximum absolute atomic E-state index is 8.14. The Morgan fingerprint density at radius 2 is 1.88 bits per heavy atom. The molecule has 0 radical (unpaired) electrons. The number of hydrogen-bond donors (Lipinski definition) is 0. The first-order valence-corrected chi connectivity index (χ1v) is 5.58. The van der Waals surface area contributed by atoms with E-state index >= 15 is 0 Å². The molecule has 17 heavy (non-hydrogen) atoms. The molecule has 0 atom stereocenters. The standard InChI is InChI=1S/C13H19BO3/c1-12(2)13(3,4)17-14(16-12)11-8-7-10(15-11)9-5-6-9/h7-9H,5-6H2,1-4H3/i5D2,6D2,7D,8D,9D. The summed E-state index contributed by atoms with van der Waals surface area (Å²) in [5.74, 6) is -2.87. The Morgan fingerprint density at radius 3 is 2.41 bits per heavy atom. The van der Waals surface area contributed by atoms with Gasteiger partial charge >= 0.3 is 7.12 Å². The van der Waals surface area contributed by atoms with E-state index in [0.29, 0.717) is 0 Å². The van der Waals surface area contributed by atoms with E-state index in [2.05, 4.69) is 0 Å². The summed E-state index contributed by atoms with van der Waals surface area (Å²) in [4.78, 5) is 0. The molecule has 1 aliphatic heterocycles. The molecule has 2 heterocycles. The van der Waals surface area contributed by atoms with E-state index in [9.17, 15) is 0 Å². The fraction of sp³-hybridized carbons (Fsp3) is 0.692. The third-order valence-corrected chi connectivity index (χ3v) is 3.46. The Morgan fingerprint density at radius 1 is 1.29 bits per heavy atom. The van der Waals surface area contributed by atoms with Crippen LogP contribution in [-0.4, -0.2) is 18.3 Å². The van der Waals surface area contributed by atoms with Gasteiger partial charge in [-0.3, -0.25) is 0 Å². The predicted molar refractivity (Wildman–Crippen MR) is 66.4 cm³/mol. The summed E-state index contributed by atoms with van der Waals surface area (Å²) in [7, 11) is -1.07. The molecule has 0 bridgehead atoms. The van der Waals surface area contributed by atoms with Gasteiger partial charge in [-0.25, -0.2) is 0 Å². The molecule has 0 amide bonds. The van der Waals surface area contributed by atoms with E-state index in [1.807, 2.05) is 27.7 Å². The maximum atomic E-state index is 8.14. The molecule has 2 fully saturated rings. The first kappa shape index (κ1) is 5.94. The van der Waals surface area contributed by atoms with Gasteiger partial charge in [-0.2, -0.15) is 0 Å². The summed E-state index contributed by atoms with van der Waals surface area (Å²) in [5, 5.41) is 0. The van der Waals surface area contributed by atoms with E-state index in [0.717, 1.165) is 0 Å². The van der Waals surface area contributed by atoms with Crippen LogP contribution in [0.1, 0.15) is 61.7 Å². The second kappa shape index (κ2) is 3.39. The summed E-state index contributed by atoms with van der Waals surface area (Å²) in [6.45, 7) is 7.25. The normalized spacial score (nSPS) is 40.2. The molecule has 1 aromatic rings. The minimum atomic E-state index is -2.51.